The van der Waals surface area contributed by atoms with Crippen LogP contribution in [0.25, 0.3) is 10.9 Å². The first kappa shape index (κ1) is 13.7. The molecule has 1 amide bonds. The van der Waals surface area contributed by atoms with Crippen molar-refractivity contribution in [3.63, 3.8) is 0 Å². The highest BCUT2D eigenvalue weighted by atomic mass is 35.5. The van der Waals surface area contributed by atoms with Crippen LogP contribution in [0.1, 0.15) is 23.8 Å². The number of carbonyl (C=O) groups excluding carboxylic acids is 1. The summed E-state index contributed by atoms with van der Waals surface area (Å²) in [6.45, 7) is 1.59. The lowest BCUT2D eigenvalue weighted by Gasteiger charge is -2.20. The number of nitrogens with zero attached hydrogens (tertiary/aromatic N) is 2. The molecule has 2 aromatic rings. The van der Waals surface area contributed by atoms with E-state index in [9.17, 15) is 4.79 Å². The zero-order chi connectivity index (χ0) is 14.1. The van der Waals surface area contributed by atoms with E-state index in [2.05, 4.69) is 4.98 Å². The third-order valence-electron chi connectivity index (χ3n) is 3.66. The summed E-state index contributed by atoms with van der Waals surface area (Å²) in [4.78, 5) is 18.6. The fourth-order valence-electron chi connectivity index (χ4n) is 2.60. The van der Waals surface area contributed by atoms with Gasteiger partial charge < -0.3 is 4.90 Å². The average molecular weight is 309 g/mol. The number of hydrogen-bond donors (Lipinski definition) is 0. The summed E-state index contributed by atoms with van der Waals surface area (Å²) < 4.78 is 0. The number of halogens is 2. The summed E-state index contributed by atoms with van der Waals surface area (Å²) >= 11 is 12.6. The van der Waals surface area contributed by atoms with Crippen molar-refractivity contribution in [3.05, 3.63) is 41.0 Å². The molecule has 0 radical (unpaired) electrons. The van der Waals surface area contributed by atoms with Crippen molar-refractivity contribution in [1.29, 1.82) is 0 Å². The fraction of sp³-hybridized carbons (Fsp3) is 0.333. The van der Waals surface area contributed by atoms with Gasteiger partial charge in [0.2, 0.25) is 5.91 Å². The highest BCUT2D eigenvalue weighted by molar-refractivity contribution is 6.36. The van der Waals surface area contributed by atoms with Gasteiger partial charge >= 0.3 is 0 Å². The minimum Gasteiger partial charge on any atom is -0.341 e. The second-order valence-electron chi connectivity index (χ2n) is 4.93. The number of alkyl halides is 1. The van der Waals surface area contributed by atoms with Crippen molar-refractivity contribution in [2.45, 2.75) is 18.2 Å². The van der Waals surface area contributed by atoms with Crippen LogP contribution < -0.4 is 0 Å². The second kappa shape index (κ2) is 5.58. The minimum atomic E-state index is -0.706. The number of benzene rings is 1. The van der Waals surface area contributed by atoms with Crippen LogP contribution in [0.3, 0.4) is 0 Å². The molecule has 1 atom stereocenters. The summed E-state index contributed by atoms with van der Waals surface area (Å²) in [5, 5.41) is 0.739. The van der Waals surface area contributed by atoms with Gasteiger partial charge in [0, 0.05) is 35.3 Å². The Hall–Kier alpha value is -1.32. The first-order chi connectivity index (χ1) is 9.68. The van der Waals surface area contributed by atoms with Gasteiger partial charge in [0.15, 0.2) is 0 Å². The number of carbonyl (C=O) groups is 1. The number of fused-ring (bicyclic) bond motifs is 1. The lowest BCUT2D eigenvalue weighted by atomic mass is 10.1. The molecule has 1 fully saturated rings. The number of pyridine rings is 1. The standard InChI is InChI=1S/C15H14Cl2N2O/c16-12-6-5-11(14-10(12)4-3-7-18-14)13(17)15(20)19-8-1-2-9-19/h3-7,13H,1-2,8-9H2. The molecule has 2 heterocycles. The van der Waals surface area contributed by atoms with Crippen molar-refractivity contribution >= 4 is 40.0 Å². The zero-order valence-electron chi connectivity index (χ0n) is 10.9. The van der Waals surface area contributed by atoms with Gasteiger partial charge in [-0.1, -0.05) is 17.7 Å². The van der Waals surface area contributed by atoms with Gasteiger partial charge in [0.1, 0.15) is 5.38 Å². The quantitative estimate of drug-likeness (QED) is 0.791. The molecule has 0 N–H and O–H groups in total. The monoisotopic (exact) mass is 308 g/mol. The predicted molar refractivity (Wildman–Crippen MR) is 81.2 cm³/mol. The van der Waals surface area contributed by atoms with E-state index in [0.29, 0.717) is 10.5 Å². The van der Waals surface area contributed by atoms with E-state index in [1.54, 1.807) is 18.3 Å². The second-order valence-corrected chi connectivity index (χ2v) is 5.77. The van der Waals surface area contributed by atoms with Gasteiger partial charge in [-0.2, -0.15) is 0 Å². The van der Waals surface area contributed by atoms with E-state index in [1.807, 2.05) is 17.0 Å². The summed E-state index contributed by atoms with van der Waals surface area (Å²) in [6, 6.07) is 7.28. The molecule has 1 aliphatic rings. The average Bonchev–Trinajstić information content (AvgIpc) is 3.01. The van der Waals surface area contributed by atoms with Crippen LogP contribution in [0.4, 0.5) is 0 Å². The Labute approximate surface area is 127 Å². The van der Waals surface area contributed by atoms with Gasteiger partial charge in [-0.25, -0.2) is 0 Å². The third kappa shape index (κ3) is 2.36. The van der Waals surface area contributed by atoms with E-state index < -0.39 is 5.38 Å². The maximum Gasteiger partial charge on any atom is 0.245 e. The van der Waals surface area contributed by atoms with Gasteiger partial charge in [0.05, 0.1) is 5.52 Å². The number of amides is 1. The first-order valence-corrected chi connectivity index (χ1v) is 7.46. The van der Waals surface area contributed by atoms with Crippen LogP contribution >= 0.6 is 23.2 Å². The number of aromatic nitrogens is 1. The Morgan fingerprint density at radius 2 is 2.00 bits per heavy atom. The van der Waals surface area contributed by atoms with Crippen molar-refractivity contribution in [2.75, 3.05) is 13.1 Å². The Morgan fingerprint density at radius 1 is 1.25 bits per heavy atom. The molecule has 0 bridgehead atoms. The molecule has 1 saturated heterocycles. The summed E-state index contributed by atoms with van der Waals surface area (Å²) in [7, 11) is 0. The number of likely N-dealkylation sites (tertiary alicyclic amines) is 1. The molecule has 0 spiro atoms. The molecular formula is C15H14Cl2N2O. The maximum atomic E-state index is 12.4. The van der Waals surface area contributed by atoms with Crippen molar-refractivity contribution in [2.24, 2.45) is 0 Å². The number of hydrogen-bond acceptors (Lipinski definition) is 2. The molecule has 1 aromatic heterocycles. The molecule has 104 valence electrons. The highest BCUT2D eigenvalue weighted by Crippen LogP contribution is 2.33. The van der Waals surface area contributed by atoms with Gasteiger partial charge in [-0.15, -0.1) is 11.6 Å². The molecule has 0 saturated carbocycles. The van der Waals surface area contributed by atoms with Crippen LogP contribution in [-0.4, -0.2) is 28.9 Å². The lowest BCUT2D eigenvalue weighted by Crippen LogP contribution is -2.30. The van der Waals surface area contributed by atoms with Crippen LogP contribution in [0.5, 0.6) is 0 Å². The van der Waals surface area contributed by atoms with E-state index in [0.717, 1.165) is 36.9 Å². The molecule has 3 rings (SSSR count). The minimum absolute atomic E-state index is 0.0431. The molecule has 3 nitrogen and oxygen atoms in total. The number of rotatable bonds is 2. The van der Waals surface area contributed by atoms with Crippen molar-refractivity contribution < 1.29 is 4.79 Å². The van der Waals surface area contributed by atoms with Crippen LogP contribution in [-0.2, 0) is 4.79 Å². The Kier molecular flexibility index (Phi) is 3.81. The molecular weight excluding hydrogens is 295 g/mol. The molecule has 1 aliphatic heterocycles. The third-order valence-corrected chi connectivity index (χ3v) is 4.41. The van der Waals surface area contributed by atoms with Gasteiger partial charge in [-0.3, -0.25) is 9.78 Å². The SMILES string of the molecule is O=C(C(Cl)c1ccc(Cl)c2cccnc12)N1CCCC1. The van der Waals surface area contributed by atoms with Crippen LogP contribution in [0.2, 0.25) is 5.02 Å². The molecule has 0 aliphatic carbocycles. The van der Waals surface area contributed by atoms with E-state index in [1.165, 1.54) is 0 Å². The summed E-state index contributed by atoms with van der Waals surface area (Å²) in [6.07, 6.45) is 3.79. The van der Waals surface area contributed by atoms with Gasteiger partial charge in [0.25, 0.3) is 0 Å². The van der Waals surface area contributed by atoms with E-state index in [-0.39, 0.29) is 5.91 Å². The van der Waals surface area contributed by atoms with Crippen LogP contribution in [0.15, 0.2) is 30.5 Å². The Bertz CT molecular complexity index is 653. The lowest BCUT2D eigenvalue weighted by molar-refractivity contribution is -0.129. The normalized spacial score (nSPS) is 16.6. The zero-order valence-corrected chi connectivity index (χ0v) is 12.4. The largest absolute Gasteiger partial charge is 0.341 e. The van der Waals surface area contributed by atoms with E-state index in [4.69, 9.17) is 23.2 Å². The van der Waals surface area contributed by atoms with Crippen molar-refractivity contribution in [3.8, 4) is 0 Å². The fourth-order valence-corrected chi connectivity index (χ4v) is 3.12. The van der Waals surface area contributed by atoms with Crippen molar-refractivity contribution in [1.82, 2.24) is 9.88 Å². The smallest absolute Gasteiger partial charge is 0.245 e. The first-order valence-electron chi connectivity index (χ1n) is 6.64. The Morgan fingerprint density at radius 3 is 2.75 bits per heavy atom. The van der Waals surface area contributed by atoms with E-state index >= 15 is 0 Å². The molecule has 5 heteroatoms. The summed E-state index contributed by atoms with van der Waals surface area (Å²) in [5.41, 5.74) is 1.43. The predicted octanol–water partition coefficient (Wildman–Crippen LogP) is 3.79. The topological polar surface area (TPSA) is 33.2 Å². The highest BCUT2D eigenvalue weighted by Gasteiger charge is 2.27. The summed E-state index contributed by atoms with van der Waals surface area (Å²) in [5.74, 6) is -0.0431. The maximum absolute atomic E-state index is 12.4. The molecule has 1 unspecified atom stereocenters. The molecule has 20 heavy (non-hydrogen) atoms. The Balaban J connectivity index is 2.01. The molecule has 1 aromatic carbocycles. The van der Waals surface area contributed by atoms with Crippen LogP contribution in [0, 0.1) is 0 Å². The van der Waals surface area contributed by atoms with Gasteiger partial charge in [-0.05, 0) is 31.0 Å².